The van der Waals surface area contributed by atoms with Crippen molar-refractivity contribution in [2.75, 3.05) is 13.6 Å². The zero-order chi connectivity index (χ0) is 10.8. The second-order valence-corrected chi connectivity index (χ2v) is 4.65. The molecule has 1 N–H and O–H groups in total. The summed E-state index contributed by atoms with van der Waals surface area (Å²) in [6.07, 6.45) is 4.61. The molecule has 1 unspecified atom stereocenters. The quantitative estimate of drug-likeness (QED) is 0.722. The molecule has 4 nitrogen and oxygen atoms in total. The number of hydrogen-bond acceptors (Lipinski definition) is 2. The maximum atomic E-state index is 11.7. The SMILES string of the molecule is CN1CC(NC(=O)C2CCC2)CCC1=O. The Morgan fingerprint density at radius 1 is 1.40 bits per heavy atom. The van der Waals surface area contributed by atoms with Crippen LogP contribution in [-0.4, -0.2) is 36.3 Å². The topological polar surface area (TPSA) is 49.4 Å². The van der Waals surface area contributed by atoms with Gasteiger partial charge in [0.15, 0.2) is 0 Å². The molecule has 0 radical (unpaired) electrons. The van der Waals surface area contributed by atoms with Crippen LogP contribution in [0.2, 0.25) is 0 Å². The normalized spacial score (nSPS) is 27.4. The first-order valence-corrected chi connectivity index (χ1v) is 5.71. The van der Waals surface area contributed by atoms with Gasteiger partial charge in [0.25, 0.3) is 0 Å². The molecule has 2 rings (SSSR count). The highest BCUT2D eigenvalue weighted by molar-refractivity contribution is 5.81. The Bertz CT molecular complexity index is 274. The lowest BCUT2D eigenvalue weighted by atomic mass is 9.84. The van der Waals surface area contributed by atoms with Crippen LogP contribution >= 0.6 is 0 Å². The zero-order valence-corrected chi connectivity index (χ0v) is 9.16. The summed E-state index contributed by atoms with van der Waals surface area (Å²) in [5, 5.41) is 3.04. The molecule has 2 fully saturated rings. The number of nitrogens with zero attached hydrogens (tertiary/aromatic N) is 1. The van der Waals surface area contributed by atoms with E-state index >= 15 is 0 Å². The molecule has 2 aliphatic rings. The highest BCUT2D eigenvalue weighted by atomic mass is 16.2. The average molecular weight is 210 g/mol. The Hall–Kier alpha value is -1.06. The van der Waals surface area contributed by atoms with Gasteiger partial charge in [-0.3, -0.25) is 9.59 Å². The maximum Gasteiger partial charge on any atom is 0.223 e. The first-order chi connectivity index (χ1) is 7.16. The van der Waals surface area contributed by atoms with Crippen molar-refractivity contribution >= 4 is 11.8 Å². The van der Waals surface area contributed by atoms with Gasteiger partial charge in [0.05, 0.1) is 0 Å². The summed E-state index contributed by atoms with van der Waals surface area (Å²) >= 11 is 0. The van der Waals surface area contributed by atoms with Crippen LogP contribution in [0.1, 0.15) is 32.1 Å². The average Bonchev–Trinajstić information content (AvgIpc) is 2.08. The van der Waals surface area contributed by atoms with Gasteiger partial charge >= 0.3 is 0 Å². The van der Waals surface area contributed by atoms with Gasteiger partial charge in [0.2, 0.25) is 11.8 Å². The molecule has 84 valence electrons. The Kier molecular flexibility index (Phi) is 2.93. The van der Waals surface area contributed by atoms with Crippen LogP contribution in [0.5, 0.6) is 0 Å². The van der Waals surface area contributed by atoms with Crippen molar-refractivity contribution in [1.82, 2.24) is 10.2 Å². The predicted octanol–water partition coefficient (Wildman–Crippen LogP) is 0.523. The summed E-state index contributed by atoms with van der Waals surface area (Å²) < 4.78 is 0. The van der Waals surface area contributed by atoms with Gasteiger partial charge in [-0.05, 0) is 19.3 Å². The molecular formula is C11H18N2O2. The number of nitrogens with one attached hydrogen (secondary N) is 1. The fraction of sp³-hybridized carbons (Fsp3) is 0.818. The van der Waals surface area contributed by atoms with Crippen LogP contribution in [-0.2, 0) is 9.59 Å². The highest BCUT2D eigenvalue weighted by Gasteiger charge is 2.29. The lowest BCUT2D eigenvalue weighted by molar-refractivity contribution is -0.135. The molecule has 4 heteroatoms. The number of likely N-dealkylation sites (N-methyl/N-ethyl adjacent to an activating group) is 1. The number of likely N-dealkylation sites (tertiary alicyclic amines) is 1. The second-order valence-electron chi connectivity index (χ2n) is 4.65. The minimum atomic E-state index is 0.167. The zero-order valence-electron chi connectivity index (χ0n) is 9.16. The summed E-state index contributed by atoms with van der Waals surface area (Å²) in [6.45, 7) is 0.664. The third kappa shape index (κ3) is 2.30. The molecule has 1 saturated carbocycles. The first kappa shape index (κ1) is 10.5. The van der Waals surface area contributed by atoms with Gasteiger partial charge in [-0.15, -0.1) is 0 Å². The van der Waals surface area contributed by atoms with Gasteiger partial charge in [-0.2, -0.15) is 0 Å². The summed E-state index contributed by atoms with van der Waals surface area (Å²) in [6, 6.07) is 0.167. The van der Waals surface area contributed by atoms with E-state index in [2.05, 4.69) is 5.32 Å². The van der Waals surface area contributed by atoms with Crippen LogP contribution in [0.3, 0.4) is 0 Å². The van der Waals surface area contributed by atoms with Crippen molar-refractivity contribution in [2.45, 2.75) is 38.1 Å². The molecule has 1 heterocycles. The van der Waals surface area contributed by atoms with Crippen molar-refractivity contribution in [2.24, 2.45) is 5.92 Å². The summed E-state index contributed by atoms with van der Waals surface area (Å²) in [4.78, 5) is 24.6. The molecule has 0 bridgehead atoms. The number of amides is 2. The molecule has 0 aromatic carbocycles. The minimum Gasteiger partial charge on any atom is -0.351 e. The Morgan fingerprint density at radius 2 is 2.13 bits per heavy atom. The largest absolute Gasteiger partial charge is 0.351 e. The molecule has 1 aliphatic carbocycles. The molecular weight excluding hydrogens is 192 g/mol. The molecule has 1 atom stereocenters. The smallest absolute Gasteiger partial charge is 0.223 e. The third-order valence-corrected chi connectivity index (χ3v) is 3.45. The minimum absolute atomic E-state index is 0.167. The van der Waals surface area contributed by atoms with Crippen LogP contribution in [0.25, 0.3) is 0 Å². The van der Waals surface area contributed by atoms with Crippen LogP contribution in [0, 0.1) is 5.92 Å². The van der Waals surface area contributed by atoms with E-state index < -0.39 is 0 Å². The fourth-order valence-electron chi connectivity index (χ4n) is 2.12. The number of rotatable bonds is 2. The van der Waals surface area contributed by atoms with Gasteiger partial charge in [0.1, 0.15) is 0 Å². The fourth-order valence-corrected chi connectivity index (χ4v) is 2.12. The Morgan fingerprint density at radius 3 is 2.67 bits per heavy atom. The Balaban J connectivity index is 1.79. The van der Waals surface area contributed by atoms with Crippen molar-refractivity contribution in [3.8, 4) is 0 Å². The molecule has 2 amide bonds. The third-order valence-electron chi connectivity index (χ3n) is 3.45. The summed E-state index contributed by atoms with van der Waals surface area (Å²) in [7, 11) is 1.80. The van der Waals surface area contributed by atoms with E-state index in [0.29, 0.717) is 13.0 Å². The van der Waals surface area contributed by atoms with E-state index in [-0.39, 0.29) is 23.8 Å². The number of piperidine rings is 1. The summed E-state index contributed by atoms with van der Waals surface area (Å²) in [5.74, 6) is 0.617. The van der Waals surface area contributed by atoms with Crippen LogP contribution in [0.15, 0.2) is 0 Å². The molecule has 0 aromatic rings. The van der Waals surface area contributed by atoms with Crippen molar-refractivity contribution in [3.63, 3.8) is 0 Å². The predicted molar refractivity (Wildman–Crippen MR) is 56.1 cm³/mol. The molecule has 1 saturated heterocycles. The lowest BCUT2D eigenvalue weighted by Gasteiger charge is -2.32. The number of carbonyl (C=O) groups is 2. The van der Waals surface area contributed by atoms with Gasteiger partial charge in [-0.1, -0.05) is 6.42 Å². The summed E-state index contributed by atoms with van der Waals surface area (Å²) in [5.41, 5.74) is 0. The van der Waals surface area contributed by atoms with Crippen molar-refractivity contribution < 1.29 is 9.59 Å². The number of carbonyl (C=O) groups excluding carboxylic acids is 2. The van der Waals surface area contributed by atoms with E-state index in [0.717, 1.165) is 19.3 Å². The second kappa shape index (κ2) is 4.21. The van der Waals surface area contributed by atoms with Gasteiger partial charge in [-0.25, -0.2) is 0 Å². The van der Waals surface area contributed by atoms with E-state index in [4.69, 9.17) is 0 Å². The van der Waals surface area contributed by atoms with Crippen molar-refractivity contribution in [3.05, 3.63) is 0 Å². The highest BCUT2D eigenvalue weighted by Crippen LogP contribution is 2.26. The molecule has 0 aromatic heterocycles. The van der Waals surface area contributed by atoms with Gasteiger partial charge < -0.3 is 10.2 Å². The van der Waals surface area contributed by atoms with E-state index in [1.165, 1.54) is 6.42 Å². The van der Waals surface area contributed by atoms with Crippen LogP contribution in [0.4, 0.5) is 0 Å². The van der Waals surface area contributed by atoms with Crippen molar-refractivity contribution in [1.29, 1.82) is 0 Å². The molecule has 15 heavy (non-hydrogen) atoms. The van der Waals surface area contributed by atoms with Gasteiger partial charge in [0, 0.05) is 32.0 Å². The standard InChI is InChI=1S/C11H18N2O2/c1-13-7-9(5-6-10(13)14)12-11(15)8-3-2-4-8/h8-9H,2-7H2,1H3,(H,12,15). The monoisotopic (exact) mass is 210 g/mol. The first-order valence-electron chi connectivity index (χ1n) is 5.71. The van der Waals surface area contributed by atoms with E-state index in [1.54, 1.807) is 11.9 Å². The van der Waals surface area contributed by atoms with E-state index in [1.807, 2.05) is 0 Å². The lowest BCUT2D eigenvalue weighted by Crippen LogP contribution is -2.50. The van der Waals surface area contributed by atoms with E-state index in [9.17, 15) is 9.59 Å². The maximum absolute atomic E-state index is 11.7. The molecule has 1 aliphatic heterocycles. The molecule has 0 spiro atoms. The Labute approximate surface area is 90.0 Å². The van der Waals surface area contributed by atoms with Crippen LogP contribution < -0.4 is 5.32 Å². The number of hydrogen-bond donors (Lipinski definition) is 1.